The van der Waals surface area contributed by atoms with E-state index in [9.17, 15) is 5.21 Å². The normalized spacial score (nSPS) is 10.9. The smallest absolute Gasteiger partial charge is 0.0474 e. The van der Waals surface area contributed by atoms with Crippen LogP contribution in [0.15, 0.2) is 0 Å². The van der Waals surface area contributed by atoms with Gasteiger partial charge in [0.1, 0.15) is 0 Å². The quantitative estimate of drug-likeness (QED) is 0.300. The summed E-state index contributed by atoms with van der Waals surface area (Å²) in [4.78, 5) is 0. The number of nitrogens with zero attached hydrogens (tertiary/aromatic N) is 1. The third kappa shape index (κ3) is 7.74. The van der Waals surface area contributed by atoms with Crippen LogP contribution < -0.4 is 5.59 Å². The number of unbranched alkanes of at least 4 members (excludes halogenated alkanes) is 3. The van der Waals surface area contributed by atoms with Gasteiger partial charge in [-0.3, -0.25) is 0 Å². The van der Waals surface area contributed by atoms with Crippen molar-refractivity contribution in [1.29, 1.82) is 0 Å². The first-order valence-corrected chi connectivity index (χ1v) is 4.07. The zero-order valence-corrected chi connectivity index (χ0v) is 7.12. The molecule has 0 spiro atoms. The van der Waals surface area contributed by atoms with Crippen LogP contribution in [-0.2, 0) is 0 Å². The third-order valence-corrected chi connectivity index (χ3v) is 1.60. The molecule has 11 heavy (non-hydrogen) atoms. The molecule has 0 aliphatic rings. The highest BCUT2D eigenvalue weighted by Crippen LogP contribution is 1.98. The van der Waals surface area contributed by atoms with Crippen LogP contribution in [0.25, 0.3) is 0 Å². The molecule has 0 heterocycles. The molecule has 0 aromatic carbocycles. The minimum absolute atomic E-state index is 0.281. The number of aliphatic hydroxyl groups excluding tert-OH is 1. The van der Waals surface area contributed by atoms with Gasteiger partial charge in [0.25, 0.3) is 0 Å². The Bertz CT molecular complexity index is 80.8. The van der Waals surface area contributed by atoms with Crippen LogP contribution in [0.1, 0.15) is 25.7 Å². The Kier molecular flexibility index (Phi) is 7.83. The van der Waals surface area contributed by atoms with Crippen LogP contribution in [0.2, 0.25) is 0 Å². The summed E-state index contributed by atoms with van der Waals surface area (Å²) < 4.78 is 0. The molecule has 4 heteroatoms. The van der Waals surface area contributed by atoms with Crippen LogP contribution in [-0.4, -0.2) is 30.3 Å². The van der Waals surface area contributed by atoms with E-state index in [0.717, 1.165) is 37.8 Å². The second-order valence-corrected chi connectivity index (χ2v) is 2.72. The fourth-order valence-electron chi connectivity index (χ4n) is 0.879. The van der Waals surface area contributed by atoms with E-state index in [1.807, 2.05) is 0 Å². The Balaban J connectivity index is 2.89. The summed E-state index contributed by atoms with van der Waals surface area (Å²) in [5, 5.41) is 20.2. The van der Waals surface area contributed by atoms with Gasteiger partial charge in [0.15, 0.2) is 0 Å². The fourth-order valence-corrected chi connectivity index (χ4v) is 0.879. The molecule has 0 atom stereocenters. The summed E-state index contributed by atoms with van der Waals surface area (Å²) in [6.07, 6.45) is 4.07. The number of rotatable bonds is 7. The van der Waals surface area contributed by atoms with E-state index in [0.29, 0.717) is 0 Å². The standard InChI is InChI=1S/C7H18N2O2/c1-9(8-11)6-4-2-3-5-7-10/h10H,2-8H2,1H3. The van der Waals surface area contributed by atoms with Crippen molar-refractivity contribution in [3.05, 3.63) is 5.21 Å². The minimum atomic E-state index is 0.281. The molecule has 0 rings (SSSR count). The SMILES string of the molecule is CN(CCCCCCO)[NH2+][O-]. The lowest BCUT2D eigenvalue weighted by molar-refractivity contribution is -0.747. The maximum atomic E-state index is 10.1. The first-order chi connectivity index (χ1) is 5.31. The molecule has 0 amide bonds. The number of hydrogen-bond donors (Lipinski definition) is 2. The van der Waals surface area contributed by atoms with Gasteiger partial charge in [-0.2, -0.15) is 5.01 Å². The average Bonchev–Trinajstić information content (AvgIpc) is 2.04. The highest BCUT2D eigenvalue weighted by atomic mass is 16.5. The second kappa shape index (κ2) is 7.94. The van der Waals surface area contributed by atoms with E-state index in [4.69, 9.17) is 5.11 Å². The summed E-state index contributed by atoms with van der Waals surface area (Å²) >= 11 is 0. The van der Waals surface area contributed by atoms with E-state index in [-0.39, 0.29) is 6.61 Å². The van der Waals surface area contributed by atoms with Crippen LogP contribution in [0.4, 0.5) is 0 Å². The highest BCUT2D eigenvalue weighted by Gasteiger charge is 1.94. The van der Waals surface area contributed by atoms with Crippen LogP contribution in [0.5, 0.6) is 0 Å². The van der Waals surface area contributed by atoms with Crippen molar-refractivity contribution in [3.63, 3.8) is 0 Å². The zero-order valence-electron chi connectivity index (χ0n) is 7.12. The first-order valence-electron chi connectivity index (χ1n) is 4.07. The van der Waals surface area contributed by atoms with Crippen LogP contribution in [0.3, 0.4) is 0 Å². The molecule has 3 N–H and O–H groups in total. The van der Waals surface area contributed by atoms with Gasteiger partial charge < -0.3 is 15.9 Å². The largest absolute Gasteiger partial charge is 0.614 e. The van der Waals surface area contributed by atoms with Crippen molar-refractivity contribution < 1.29 is 10.7 Å². The van der Waals surface area contributed by atoms with Crippen molar-refractivity contribution in [2.45, 2.75) is 25.7 Å². The van der Waals surface area contributed by atoms with Crippen LogP contribution in [0, 0.1) is 5.21 Å². The maximum Gasteiger partial charge on any atom is 0.0474 e. The molecule has 0 radical (unpaired) electrons. The molecule has 0 bridgehead atoms. The molecule has 0 aromatic rings. The molecule has 0 aromatic heterocycles. The molecule has 0 saturated heterocycles. The lowest BCUT2D eigenvalue weighted by atomic mass is 10.2. The predicted molar refractivity (Wildman–Crippen MR) is 43.5 cm³/mol. The van der Waals surface area contributed by atoms with E-state index in [1.165, 1.54) is 0 Å². The van der Waals surface area contributed by atoms with E-state index >= 15 is 0 Å². The van der Waals surface area contributed by atoms with Gasteiger partial charge in [-0.25, -0.2) is 0 Å². The molecular weight excluding hydrogens is 144 g/mol. The zero-order chi connectivity index (χ0) is 8.53. The number of quaternary nitrogens is 1. The topological polar surface area (TPSA) is 63.1 Å². The van der Waals surface area contributed by atoms with Crippen molar-refractivity contribution in [3.8, 4) is 0 Å². The van der Waals surface area contributed by atoms with Crippen molar-refractivity contribution in [2.75, 3.05) is 20.2 Å². The average molecular weight is 162 g/mol. The molecule has 0 saturated carbocycles. The summed E-state index contributed by atoms with van der Waals surface area (Å²) in [5.74, 6) is 0. The second-order valence-electron chi connectivity index (χ2n) is 2.72. The summed E-state index contributed by atoms with van der Waals surface area (Å²) in [6, 6.07) is 0. The molecule has 68 valence electrons. The Morgan fingerprint density at radius 3 is 2.45 bits per heavy atom. The maximum absolute atomic E-state index is 10.1. The van der Waals surface area contributed by atoms with Crippen molar-refractivity contribution in [2.24, 2.45) is 0 Å². The van der Waals surface area contributed by atoms with Crippen molar-refractivity contribution in [1.82, 2.24) is 5.01 Å². The number of nitrogens with two attached hydrogens (primary N) is 1. The van der Waals surface area contributed by atoms with Gasteiger partial charge >= 0.3 is 0 Å². The molecule has 0 aliphatic carbocycles. The van der Waals surface area contributed by atoms with Gasteiger partial charge in [-0.05, 0) is 12.8 Å². The summed E-state index contributed by atoms with van der Waals surface area (Å²) in [7, 11) is 1.78. The number of aliphatic hydroxyl groups is 1. The first kappa shape index (κ1) is 10.8. The Morgan fingerprint density at radius 2 is 1.91 bits per heavy atom. The lowest BCUT2D eigenvalue weighted by Gasteiger charge is -2.14. The van der Waals surface area contributed by atoms with Gasteiger partial charge in [-0.15, -0.1) is 0 Å². The monoisotopic (exact) mass is 162 g/mol. The Hall–Kier alpha value is -0.160. The number of hydrogen-bond acceptors (Lipinski definition) is 3. The lowest BCUT2D eigenvalue weighted by Crippen LogP contribution is -2.87. The summed E-state index contributed by atoms with van der Waals surface area (Å²) in [6.45, 7) is 1.11. The van der Waals surface area contributed by atoms with E-state index < -0.39 is 0 Å². The van der Waals surface area contributed by atoms with Gasteiger partial charge in [0.2, 0.25) is 0 Å². The molecule has 0 unspecified atom stereocenters. The van der Waals surface area contributed by atoms with Crippen LogP contribution >= 0.6 is 0 Å². The van der Waals surface area contributed by atoms with Gasteiger partial charge in [-0.1, -0.05) is 12.8 Å². The van der Waals surface area contributed by atoms with E-state index in [2.05, 4.69) is 0 Å². The molecule has 0 fully saturated rings. The van der Waals surface area contributed by atoms with Gasteiger partial charge in [0.05, 0.1) is 0 Å². The van der Waals surface area contributed by atoms with E-state index in [1.54, 1.807) is 12.1 Å². The highest BCUT2D eigenvalue weighted by molar-refractivity contribution is 4.43. The Morgan fingerprint density at radius 1 is 1.27 bits per heavy atom. The molecule has 0 aliphatic heterocycles. The Labute approximate surface area is 67.8 Å². The molecular formula is C7H18N2O2. The molecule has 4 nitrogen and oxygen atoms in total. The minimum Gasteiger partial charge on any atom is -0.614 e. The third-order valence-electron chi connectivity index (χ3n) is 1.60. The van der Waals surface area contributed by atoms with Crippen molar-refractivity contribution >= 4 is 0 Å². The van der Waals surface area contributed by atoms with Gasteiger partial charge in [0, 0.05) is 20.2 Å². The predicted octanol–water partition coefficient (Wildman–Crippen LogP) is -0.553. The summed E-state index contributed by atoms with van der Waals surface area (Å²) in [5.41, 5.74) is 0.839. The fraction of sp³-hybridized carbons (Fsp3) is 1.00.